The van der Waals surface area contributed by atoms with Crippen LogP contribution in [0, 0.1) is 0 Å². The van der Waals surface area contributed by atoms with Crippen LogP contribution >= 0.6 is 11.6 Å². The van der Waals surface area contributed by atoms with Crippen LogP contribution in [0.4, 0.5) is 0 Å². The van der Waals surface area contributed by atoms with E-state index in [1.807, 2.05) is 0 Å². The van der Waals surface area contributed by atoms with Gasteiger partial charge in [-0.2, -0.15) is 5.10 Å². The first-order chi connectivity index (χ1) is 6.27. The summed E-state index contributed by atoms with van der Waals surface area (Å²) in [7, 11) is 0. The number of H-pyrrole nitrogens is 1. The van der Waals surface area contributed by atoms with Crippen LogP contribution in [0.25, 0.3) is 0 Å². The van der Waals surface area contributed by atoms with Gasteiger partial charge in [0.15, 0.2) is 0 Å². The molecule has 0 aromatic carbocycles. The lowest BCUT2D eigenvalue weighted by Gasteiger charge is -2.13. The highest BCUT2D eigenvalue weighted by Gasteiger charge is 2.25. The summed E-state index contributed by atoms with van der Waals surface area (Å²) in [5.41, 5.74) is 0.533. The zero-order valence-corrected chi connectivity index (χ0v) is 7.79. The van der Waals surface area contributed by atoms with E-state index in [-0.39, 0.29) is 11.3 Å². The Hall–Kier alpha value is -1.03. The maximum Gasteiger partial charge on any atom is 0.271 e. The first-order valence-corrected chi connectivity index (χ1v) is 4.64. The highest BCUT2D eigenvalue weighted by molar-refractivity contribution is 6.21. The highest BCUT2D eigenvalue weighted by atomic mass is 35.5. The van der Waals surface area contributed by atoms with Crippen molar-refractivity contribution in [2.24, 2.45) is 0 Å². The summed E-state index contributed by atoms with van der Waals surface area (Å²) < 4.78 is 0. The van der Waals surface area contributed by atoms with Crippen LogP contribution in [-0.4, -0.2) is 39.5 Å². The number of nitrogens with one attached hydrogen (secondary N) is 1. The number of likely N-dealkylation sites (tertiary alicyclic amines) is 1. The molecule has 0 aliphatic carbocycles. The van der Waals surface area contributed by atoms with Gasteiger partial charge < -0.3 is 4.90 Å². The zero-order chi connectivity index (χ0) is 9.26. The third kappa shape index (κ3) is 1.67. The highest BCUT2D eigenvalue weighted by Crippen LogP contribution is 2.16. The molecule has 2 heterocycles. The summed E-state index contributed by atoms with van der Waals surface area (Å²) in [6, 6.07) is 1.67. The Morgan fingerprint density at radius 3 is 3.15 bits per heavy atom. The van der Waals surface area contributed by atoms with Crippen LogP contribution in [0.5, 0.6) is 0 Å². The van der Waals surface area contributed by atoms with Crippen molar-refractivity contribution in [3.8, 4) is 0 Å². The van der Waals surface area contributed by atoms with Gasteiger partial charge in [0.05, 0.1) is 5.38 Å². The summed E-state index contributed by atoms with van der Waals surface area (Å²) >= 11 is 5.89. The van der Waals surface area contributed by atoms with Gasteiger partial charge in [-0.25, -0.2) is 0 Å². The first-order valence-electron chi connectivity index (χ1n) is 4.20. The molecule has 1 aliphatic rings. The third-order valence-corrected chi connectivity index (χ3v) is 2.51. The predicted molar refractivity (Wildman–Crippen MR) is 48.7 cm³/mol. The molecular weight excluding hydrogens is 190 g/mol. The van der Waals surface area contributed by atoms with Crippen molar-refractivity contribution >= 4 is 17.5 Å². The van der Waals surface area contributed by atoms with E-state index in [0.717, 1.165) is 13.0 Å². The smallest absolute Gasteiger partial charge is 0.271 e. The average Bonchev–Trinajstić information content (AvgIpc) is 2.72. The number of aromatic amines is 1. The lowest BCUT2D eigenvalue weighted by Crippen LogP contribution is -2.29. The van der Waals surface area contributed by atoms with Crippen molar-refractivity contribution in [2.45, 2.75) is 11.8 Å². The number of alkyl halides is 1. The minimum absolute atomic E-state index is 0.0133. The number of aromatic nitrogens is 2. The van der Waals surface area contributed by atoms with Crippen molar-refractivity contribution < 1.29 is 4.79 Å². The fraction of sp³-hybridized carbons (Fsp3) is 0.500. The molecule has 1 fully saturated rings. The molecular formula is C8H10ClN3O. The molecule has 0 saturated carbocycles. The van der Waals surface area contributed by atoms with E-state index in [1.54, 1.807) is 17.2 Å². The molecule has 5 heteroatoms. The average molecular weight is 200 g/mol. The molecule has 1 unspecified atom stereocenters. The van der Waals surface area contributed by atoms with Crippen molar-refractivity contribution in [1.29, 1.82) is 0 Å². The normalized spacial score (nSPS) is 22.2. The Bertz CT molecular complexity index is 298. The summed E-state index contributed by atoms with van der Waals surface area (Å²) in [5.74, 6) is -0.0133. The predicted octanol–water partition coefficient (Wildman–Crippen LogP) is 0.863. The molecule has 1 saturated heterocycles. The number of rotatable bonds is 1. The lowest BCUT2D eigenvalue weighted by atomic mass is 10.4. The summed E-state index contributed by atoms with van der Waals surface area (Å²) in [4.78, 5) is 13.4. The second-order valence-electron chi connectivity index (χ2n) is 3.11. The first kappa shape index (κ1) is 8.56. The number of halogens is 1. The molecule has 1 N–H and O–H groups in total. The van der Waals surface area contributed by atoms with Crippen molar-refractivity contribution in [3.63, 3.8) is 0 Å². The third-order valence-electron chi connectivity index (χ3n) is 2.15. The standard InChI is InChI=1S/C8H10ClN3O/c9-6-2-4-12(5-6)8(13)7-1-3-10-11-7/h1,3,6H,2,4-5H2,(H,10,11). The van der Waals surface area contributed by atoms with E-state index >= 15 is 0 Å². The van der Waals surface area contributed by atoms with Gasteiger partial charge in [-0.1, -0.05) is 0 Å². The zero-order valence-electron chi connectivity index (χ0n) is 7.03. The molecule has 1 aromatic rings. The lowest BCUT2D eigenvalue weighted by molar-refractivity contribution is 0.0787. The van der Waals surface area contributed by atoms with E-state index in [4.69, 9.17) is 11.6 Å². The topological polar surface area (TPSA) is 49.0 Å². The number of amides is 1. The van der Waals surface area contributed by atoms with Gasteiger partial charge in [-0.3, -0.25) is 9.89 Å². The maximum atomic E-state index is 11.6. The van der Waals surface area contributed by atoms with Crippen LogP contribution < -0.4 is 0 Å². The Morgan fingerprint density at radius 1 is 1.77 bits per heavy atom. The number of hydrogen-bond donors (Lipinski definition) is 1. The van der Waals surface area contributed by atoms with E-state index in [2.05, 4.69) is 10.2 Å². The molecule has 0 spiro atoms. The van der Waals surface area contributed by atoms with Gasteiger partial charge in [0, 0.05) is 19.3 Å². The van der Waals surface area contributed by atoms with E-state index in [1.165, 1.54) is 0 Å². The summed E-state index contributed by atoms with van der Waals surface area (Å²) in [6.45, 7) is 1.38. The molecule has 2 rings (SSSR count). The fourth-order valence-electron chi connectivity index (χ4n) is 1.45. The maximum absolute atomic E-state index is 11.6. The fourth-order valence-corrected chi connectivity index (χ4v) is 1.71. The van der Waals surface area contributed by atoms with Crippen molar-refractivity contribution in [3.05, 3.63) is 18.0 Å². The van der Waals surface area contributed by atoms with Gasteiger partial charge in [-0.15, -0.1) is 11.6 Å². The van der Waals surface area contributed by atoms with E-state index in [0.29, 0.717) is 12.2 Å². The largest absolute Gasteiger partial charge is 0.336 e. The number of nitrogens with zero attached hydrogens (tertiary/aromatic N) is 2. The Labute approximate surface area is 80.9 Å². The molecule has 1 aromatic heterocycles. The molecule has 70 valence electrons. The number of hydrogen-bond acceptors (Lipinski definition) is 2. The molecule has 0 radical (unpaired) electrons. The second-order valence-corrected chi connectivity index (χ2v) is 3.72. The number of carbonyl (C=O) groups excluding carboxylic acids is 1. The van der Waals surface area contributed by atoms with Gasteiger partial charge in [0.2, 0.25) is 0 Å². The van der Waals surface area contributed by atoms with Gasteiger partial charge in [0.25, 0.3) is 5.91 Å². The Kier molecular flexibility index (Phi) is 2.22. The quantitative estimate of drug-likeness (QED) is 0.683. The van der Waals surface area contributed by atoms with Crippen LogP contribution in [0.2, 0.25) is 0 Å². The summed E-state index contributed by atoms with van der Waals surface area (Å²) in [5, 5.41) is 6.48. The molecule has 1 amide bonds. The van der Waals surface area contributed by atoms with Crippen LogP contribution in [0.1, 0.15) is 16.9 Å². The molecule has 13 heavy (non-hydrogen) atoms. The monoisotopic (exact) mass is 199 g/mol. The summed E-state index contributed by atoms with van der Waals surface area (Å²) in [6.07, 6.45) is 2.45. The van der Waals surface area contributed by atoms with Gasteiger partial charge in [-0.05, 0) is 12.5 Å². The van der Waals surface area contributed by atoms with Gasteiger partial charge >= 0.3 is 0 Å². The van der Waals surface area contributed by atoms with Gasteiger partial charge in [0.1, 0.15) is 5.69 Å². The molecule has 1 aliphatic heterocycles. The van der Waals surface area contributed by atoms with Crippen LogP contribution in [0.15, 0.2) is 12.3 Å². The number of carbonyl (C=O) groups is 1. The minimum atomic E-state index is -0.0133. The SMILES string of the molecule is O=C(c1ccn[nH]1)N1CCC(Cl)C1. The van der Waals surface area contributed by atoms with E-state index in [9.17, 15) is 4.79 Å². The van der Waals surface area contributed by atoms with Crippen molar-refractivity contribution in [2.75, 3.05) is 13.1 Å². The minimum Gasteiger partial charge on any atom is -0.336 e. The molecule has 0 bridgehead atoms. The van der Waals surface area contributed by atoms with Crippen molar-refractivity contribution in [1.82, 2.24) is 15.1 Å². The Balaban J connectivity index is 2.06. The Morgan fingerprint density at radius 2 is 2.62 bits per heavy atom. The van der Waals surface area contributed by atoms with E-state index < -0.39 is 0 Å². The molecule has 1 atom stereocenters. The van der Waals surface area contributed by atoms with Crippen LogP contribution in [0.3, 0.4) is 0 Å². The second kappa shape index (κ2) is 3.38. The molecule has 4 nitrogen and oxygen atoms in total. The van der Waals surface area contributed by atoms with Crippen LogP contribution in [-0.2, 0) is 0 Å².